The van der Waals surface area contributed by atoms with Crippen LogP contribution >= 0.6 is 0 Å². The molecule has 0 spiro atoms. The average molecular weight is 200 g/mol. The molecule has 1 atom stereocenters. The Bertz CT molecular complexity index is 188. The highest BCUT2D eigenvalue weighted by molar-refractivity contribution is 4.70. The lowest BCUT2D eigenvalue weighted by atomic mass is 10.3. The molecule has 0 bridgehead atoms. The van der Waals surface area contributed by atoms with E-state index in [0.717, 1.165) is 19.5 Å². The van der Waals surface area contributed by atoms with Gasteiger partial charge in [-0.25, -0.2) is 0 Å². The van der Waals surface area contributed by atoms with Gasteiger partial charge in [0.25, 0.3) is 0 Å². The van der Waals surface area contributed by atoms with Crippen LogP contribution in [0.15, 0.2) is 5.11 Å². The van der Waals surface area contributed by atoms with E-state index in [2.05, 4.69) is 15.3 Å². The first-order valence-electron chi connectivity index (χ1n) is 4.84. The van der Waals surface area contributed by atoms with Gasteiger partial charge < -0.3 is 14.8 Å². The number of rotatable bonds is 7. The zero-order chi connectivity index (χ0) is 10.1. The van der Waals surface area contributed by atoms with Crippen molar-refractivity contribution in [3.63, 3.8) is 0 Å². The first-order chi connectivity index (χ1) is 6.93. The maximum atomic E-state index is 7.98. The molecule has 0 aromatic heterocycles. The number of azide groups is 1. The molecule has 6 heteroatoms. The summed E-state index contributed by atoms with van der Waals surface area (Å²) in [7, 11) is 0. The van der Waals surface area contributed by atoms with Crippen LogP contribution in [-0.4, -0.2) is 45.6 Å². The highest BCUT2D eigenvalue weighted by atomic mass is 16.5. The lowest BCUT2D eigenvalue weighted by molar-refractivity contribution is 0.0150. The third-order valence-corrected chi connectivity index (χ3v) is 2.00. The summed E-state index contributed by atoms with van der Waals surface area (Å²) in [6.45, 7) is 4.03. The smallest absolute Gasteiger partial charge is 0.0712 e. The summed E-state index contributed by atoms with van der Waals surface area (Å²) < 4.78 is 10.7. The van der Waals surface area contributed by atoms with Crippen molar-refractivity contribution in [1.29, 1.82) is 0 Å². The highest BCUT2D eigenvalue weighted by Crippen LogP contribution is 2.01. The molecule has 14 heavy (non-hydrogen) atoms. The van der Waals surface area contributed by atoms with Gasteiger partial charge in [-0.1, -0.05) is 5.11 Å². The molecule has 0 unspecified atom stereocenters. The van der Waals surface area contributed by atoms with Crippen LogP contribution < -0.4 is 5.32 Å². The number of ether oxygens (including phenoxy) is 2. The van der Waals surface area contributed by atoms with Crippen LogP contribution in [0.5, 0.6) is 0 Å². The molecule has 1 heterocycles. The monoisotopic (exact) mass is 200 g/mol. The van der Waals surface area contributed by atoms with Crippen LogP contribution in [0.3, 0.4) is 0 Å². The molecule has 1 aliphatic heterocycles. The van der Waals surface area contributed by atoms with Gasteiger partial charge in [-0.2, -0.15) is 0 Å². The number of hydrogen-bond acceptors (Lipinski definition) is 4. The molecule has 0 amide bonds. The van der Waals surface area contributed by atoms with Gasteiger partial charge >= 0.3 is 0 Å². The van der Waals surface area contributed by atoms with Gasteiger partial charge in [-0.15, -0.1) is 0 Å². The molecule has 0 radical (unpaired) electrons. The van der Waals surface area contributed by atoms with Gasteiger partial charge in [0.05, 0.1) is 25.9 Å². The fraction of sp³-hybridized carbons (Fsp3) is 1.00. The van der Waals surface area contributed by atoms with Crippen molar-refractivity contribution in [2.75, 3.05) is 39.5 Å². The molecule has 1 rings (SSSR count). The topological polar surface area (TPSA) is 79.3 Å². The van der Waals surface area contributed by atoms with Crippen LogP contribution in [0.2, 0.25) is 0 Å². The van der Waals surface area contributed by atoms with Crippen molar-refractivity contribution in [1.82, 2.24) is 5.32 Å². The Kier molecular flexibility index (Phi) is 6.10. The second-order valence-electron chi connectivity index (χ2n) is 3.05. The Morgan fingerprint density at radius 1 is 1.43 bits per heavy atom. The molecule has 0 aromatic rings. The molecule has 0 aromatic carbocycles. The maximum absolute atomic E-state index is 7.98. The Morgan fingerprint density at radius 3 is 3.07 bits per heavy atom. The molecular weight excluding hydrogens is 184 g/mol. The van der Waals surface area contributed by atoms with Crippen LogP contribution in [0.1, 0.15) is 6.42 Å². The van der Waals surface area contributed by atoms with E-state index in [9.17, 15) is 0 Å². The minimum absolute atomic E-state index is 0.343. The Balaban J connectivity index is 1.81. The summed E-state index contributed by atoms with van der Waals surface area (Å²) >= 11 is 0. The Hall–Kier alpha value is -0.810. The second kappa shape index (κ2) is 7.58. The zero-order valence-corrected chi connectivity index (χ0v) is 8.19. The van der Waals surface area contributed by atoms with Crippen molar-refractivity contribution in [2.45, 2.75) is 12.5 Å². The predicted molar refractivity (Wildman–Crippen MR) is 52.1 cm³/mol. The quantitative estimate of drug-likeness (QED) is 0.284. The van der Waals surface area contributed by atoms with E-state index in [4.69, 9.17) is 15.0 Å². The van der Waals surface area contributed by atoms with E-state index in [1.54, 1.807) is 0 Å². The minimum Gasteiger partial charge on any atom is -0.379 e. The first kappa shape index (κ1) is 11.3. The summed E-state index contributed by atoms with van der Waals surface area (Å²) in [4.78, 5) is 2.62. The Morgan fingerprint density at radius 2 is 2.36 bits per heavy atom. The predicted octanol–water partition coefficient (Wildman–Crippen LogP) is 0.692. The SMILES string of the molecule is [N-]=[N+]=NCCOCCO[C@@H]1CCNC1. The molecular formula is C8H16N4O2. The van der Waals surface area contributed by atoms with Gasteiger partial charge in [0, 0.05) is 18.0 Å². The summed E-state index contributed by atoms with van der Waals surface area (Å²) in [5.74, 6) is 0. The van der Waals surface area contributed by atoms with Crippen LogP contribution in [0.25, 0.3) is 10.4 Å². The minimum atomic E-state index is 0.343. The number of nitrogens with one attached hydrogen (secondary N) is 1. The van der Waals surface area contributed by atoms with E-state index in [0.29, 0.717) is 32.5 Å². The van der Waals surface area contributed by atoms with Crippen LogP contribution in [0, 0.1) is 0 Å². The molecule has 0 aliphatic carbocycles. The third kappa shape index (κ3) is 5.04. The van der Waals surface area contributed by atoms with E-state index in [-0.39, 0.29) is 0 Å². The average Bonchev–Trinajstić information content (AvgIpc) is 2.69. The van der Waals surface area contributed by atoms with Crippen LogP contribution in [0.4, 0.5) is 0 Å². The first-order valence-corrected chi connectivity index (χ1v) is 4.84. The lowest BCUT2D eigenvalue weighted by Gasteiger charge is -2.09. The van der Waals surface area contributed by atoms with E-state index in [1.165, 1.54) is 0 Å². The molecule has 1 fully saturated rings. The van der Waals surface area contributed by atoms with E-state index >= 15 is 0 Å². The normalized spacial score (nSPS) is 20.7. The van der Waals surface area contributed by atoms with Crippen LogP contribution in [-0.2, 0) is 9.47 Å². The van der Waals surface area contributed by atoms with Crippen molar-refractivity contribution >= 4 is 0 Å². The fourth-order valence-corrected chi connectivity index (χ4v) is 1.30. The fourth-order valence-electron chi connectivity index (χ4n) is 1.30. The van der Waals surface area contributed by atoms with Crippen molar-refractivity contribution in [3.05, 3.63) is 10.4 Å². The standard InChI is InChI=1S/C8H16N4O2/c9-12-11-3-4-13-5-6-14-8-1-2-10-7-8/h8,10H,1-7H2/t8-/m1/s1. The second-order valence-corrected chi connectivity index (χ2v) is 3.05. The maximum Gasteiger partial charge on any atom is 0.0712 e. The number of nitrogens with zero attached hydrogens (tertiary/aromatic N) is 3. The van der Waals surface area contributed by atoms with Crippen molar-refractivity contribution < 1.29 is 9.47 Å². The van der Waals surface area contributed by atoms with E-state index in [1.807, 2.05) is 0 Å². The molecule has 6 nitrogen and oxygen atoms in total. The van der Waals surface area contributed by atoms with Gasteiger partial charge in [0.1, 0.15) is 0 Å². The lowest BCUT2D eigenvalue weighted by Crippen LogP contribution is -2.19. The van der Waals surface area contributed by atoms with Gasteiger partial charge in [-0.05, 0) is 18.5 Å². The largest absolute Gasteiger partial charge is 0.379 e. The molecule has 80 valence electrons. The van der Waals surface area contributed by atoms with Crippen molar-refractivity contribution in [2.24, 2.45) is 5.11 Å². The summed E-state index contributed by atoms with van der Waals surface area (Å²) in [6, 6.07) is 0. The molecule has 0 saturated carbocycles. The molecule has 1 N–H and O–H groups in total. The zero-order valence-electron chi connectivity index (χ0n) is 8.19. The molecule has 1 saturated heterocycles. The third-order valence-electron chi connectivity index (χ3n) is 2.00. The van der Waals surface area contributed by atoms with Gasteiger partial charge in [0.15, 0.2) is 0 Å². The van der Waals surface area contributed by atoms with Crippen molar-refractivity contribution in [3.8, 4) is 0 Å². The summed E-state index contributed by atoms with van der Waals surface area (Å²) in [5, 5.41) is 6.57. The summed E-state index contributed by atoms with van der Waals surface area (Å²) in [5.41, 5.74) is 7.98. The summed E-state index contributed by atoms with van der Waals surface area (Å²) in [6.07, 6.45) is 1.43. The Labute approximate surface area is 83.2 Å². The highest BCUT2D eigenvalue weighted by Gasteiger charge is 2.13. The van der Waals surface area contributed by atoms with Gasteiger partial charge in [-0.3, -0.25) is 0 Å². The number of hydrogen-bond donors (Lipinski definition) is 1. The van der Waals surface area contributed by atoms with E-state index < -0.39 is 0 Å². The molecule has 1 aliphatic rings. The van der Waals surface area contributed by atoms with Gasteiger partial charge in [0.2, 0.25) is 0 Å².